The predicted octanol–water partition coefficient (Wildman–Crippen LogP) is 3.46. The Hall–Kier alpha value is -2.62. The Morgan fingerprint density at radius 3 is 2.28 bits per heavy atom. The first-order valence-electron chi connectivity index (χ1n) is 8.80. The smallest absolute Gasteiger partial charge is 0.240 e. The highest BCUT2D eigenvalue weighted by Crippen LogP contribution is 2.46. The lowest BCUT2D eigenvalue weighted by Gasteiger charge is -2.15. The Labute approximate surface area is 148 Å². The molecule has 1 saturated carbocycles. The number of hydrogen-bond acceptors (Lipinski definition) is 2. The van der Waals surface area contributed by atoms with Crippen molar-refractivity contribution in [1.29, 1.82) is 0 Å². The maximum Gasteiger partial charge on any atom is 0.240 e. The van der Waals surface area contributed by atoms with Gasteiger partial charge in [0.25, 0.3) is 0 Å². The third kappa shape index (κ3) is 4.27. The number of carbonyl (C=O) groups is 2. The molecule has 25 heavy (non-hydrogen) atoms. The Morgan fingerprint density at radius 2 is 1.64 bits per heavy atom. The van der Waals surface area contributed by atoms with E-state index in [1.165, 1.54) is 5.56 Å². The zero-order chi connectivity index (χ0) is 17.7. The summed E-state index contributed by atoms with van der Waals surface area (Å²) < 4.78 is 0. The number of amides is 2. The zero-order valence-electron chi connectivity index (χ0n) is 14.5. The van der Waals surface area contributed by atoms with E-state index in [0.717, 1.165) is 24.1 Å². The van der Waals surface area contributed by atoms with Crippen LogP contribution in [0.15, 0.2) is 54.6 Å². The fourth-order valence-electron chi connectivity index (χ4n) is 2.88. The first-order chi connectivity index (χ1) is 12.1. The van der Waals surface area contributed by atoms with Crippen molar-refractivity contribution >= 4 is 17.5 Å². The molecule has 0 radical (unpaired) electrons. The molecule has 0 atom stereocenters. The van der Waals surface area contributed by atoms with Gasteiger partial charge in [0.05, 0.1) is 0 Å². The lowest BCUT2D eigenvalue weighted by atomic mass is 10.0. The second-order valence-corrected chi connectivity index (χ2v) is 6.75. The fourth-order valence-corrected chi connectivity index (χ4v) is 2.88. The quantitative estimate of drug-likeness (QED) is 0.601. The average molecular weight is 336 g/mol. The summed E-state index contributed by atoms with van der Waals surface area (Å²) in [6.07, 6.45) is 3.03. The Kier molecular flexibility index (Phi) is 5.17. The maximum atomic E-state index is 12.5. The van der Waals surface area contributed by atoms with Gasteiger partial charge < -0.3 is 10.6 Å². The van der Waals surface area contributed by atoms with Crippen molar-refractivity contribution in [2.24, 2.45) is 5.41 Å². The molecule has 0 aromatic heterocycles. The largest absolute Gasteiger partial charge is 0.355 e. The van der Waals surface area contributed by atoms with E-state index in [2.05, 4.69) is 22.8 Å². The molecule has 3 rings (SSSR count). The Bertz CT molecular complexity index is 734. The van der Waals surface area contributed by atoms with Crippen LogP contribution in [-0.2, 0) is 16.0 Å². The number of anilines is 1. The molecule has 0 unspecified atom stereocenters. The molecule has 0 saturated heterocycles. The van der Waals surface area contributed by atoms with Crippen molar-refractivity contribution in [3.63, 3.8) is 0 Å². The maximum absolute atomic E-state index is 12.5. The normalized spacial score (nSPS) is 14.6. The molecule has 130 valence electrons. The number of hydrogen-bond donors (Lipinski definition) is 2. The molecule has 2 aromatic carbocycles. The SMILES string of the molecule is Cc1ccc(NC(=O)C2(C(=O)NCCCc3ccccc3)CC2)cc1. The summed E-state index contributed by atoms with van der Waals surface area (Å²) >= 11 is 0. The van der Waals surface area contributed by atoms with E-state index < -0.39 is 5.41 Å². The number of benzene rings is 2. The van der Waals surface area contributed by atoms with Crippen LogP contribution in [0.25, 0.3) is 0 Å². The van der Waals surface area contributed by atoms with Crippen LogP contribution in [0.4, 0.5) is 5.69 Å². The average Bonchev–Trinajstić information content (AvgIpc) is 3.43. The summed E-state index contributed by atoms with van der Waals surface area (Å²) in [6, 6.07) is 17.8. The van der Waals surface area contributed by atoms with Crippen molar-refractivity contribution in [3.05, 3.63) is 65.7 Å². The highest BCUT2D eigenvalue weighted by atomic mass is 16.2. The van der Waals surface area contributed by atoms with Gasteiger partial charge in [0.1, 0.15) is 5.41 Å². The molecular formula is C21H24N2O2. The minimum atomic E-state index is -0.877. The molecule has 0 spiro atoms. The summed E-state index contributed by atoms with van der Waals surface area (Å²) in [4.78, 5) is 25.0. The minimum absolute atomic E-state index is 0.148. The Balaban J connectivity index is 1.47. The molecule has 1 fully saturated rings. The van der Waals surface area contributed by atoms with E-state index in [0.29, 0.717) is 19.4 Å². The molecule has 1 aliphatic rings. The van der Waals surface area contributed by atoms with Crippen LogP contribution in [0.5, 0.6) is 0 Å². The minimum Gasteiger partial charge on any atom is -0.355 e. The predicted molar refractivity (Wildman–Crippen MR) is 99.2 cm³/mol. The van der Waals surface area contributed by atoms with Crippen LogP contribution >= 0.6 is 0 Å². The summed E-state index contributed by atoms with van der Waals surface area (Å²) in [7, 11) is 0. The summed E-state index contributed by atoms with van der Waals surface area (Å²) in [5.41, 5.74) is 2.25. The van der Waals surface area contributed by atoms with Crippen molar-refractivity contribution in [1.82, 2.24) is 5.32 Å². The first-order valence-corrected chi connectivity index (χ1v) is 8.80. The Morgan fingerprint density at radius 1 is 0.960 bits per heavy atom. The van der Waals surface area contributed by atoms with Gasteiger partial charge in [0.2, 0.25) is 11.8 Å². The van der Waals surface area contributed by atoms with E-state index in [9.17, 15) is 9.59 Å². The monoisotopic (exact) mass is 336 g/mol. The molecule has 1 aliphatic carbocycles. The number of rotatable bonds is 7. The zero-order valence-corrected chi connectivity index (χ0v) is 14.5. The van der Waals surface area contributed by atoms with Gasteiger partial charge in [0.15, 0.2) is 0 Å². The lowest BCUT2D eigenvalue weighted by molar-refractivity contribution is -0.134. The van der Waals surface area contributed by atoms with E-state index >= 15 is 0 Å². The van der Waals surface area contributed by atoms with Crippen LogP contribution in [0.3, 0.4) is 0 Å². The molecule has 2 N–H and O–H groups in total. The van der Waals surface area contributed by atoms with Crippen LogP contribution in [0.1, 0.15) is 30.4 Å². The summed E-state index contributed by atoms with van der Waals surface area (Å²) in [5.74, 6) is -0.345. The van der Waals surface area contributed by atoms with Gasteiger partial charge in [0, 0.05) is 12.2 Å². The van der Waals surface area contributed by atoms with E-state index in [1.807, 2.05) is 49.4 Å². The van der Waals surface area contributed by atoms with Crippen LogP contribution in [0, 0.1) is 12.3 Å². The van der Waals surface area contributed by atoms with Crippen LogP contribution < -0.4 is 10.6 Å². The number of nitrogens with one attached hydrogen (secondary N) is 2. The lowest BCUT2D eigenvalue weighted by Crippen LogP contribution is -2.40. The molecule has 0 aliphatic heterocycles. The van der Waals surface area contributed by atoms with Crippen molar-refractivity contribution in [2.45, 2.75) is 32.6 Å². The molecular weight excluding hydrogens is 312 g/mol. The molecule has 2 amide bonds. The number of carbonyl (C=O) groups excluding carboxylic acids is 2. The van der Waals surface area contributed by atoms with E-state index in [-0.39, 0.29) is 11.8 Å². The van der Waals surface area contributed by atoms with Gasteiger partial charge in [-0.1, -0.05) is 48.0 Å². The standard InChI is InChI=1S/C21H24N2O2/c1-16-9-11-18(12-10-16)23-20(25)21(13-14-21)19(24)22-15-5-8-17-6-3-2-4-7-17/h2-4,6-7,9-12H,5,8,13-15H2,1H3,(H,22,24)(H,23,25). The van der Waals surface area contributed by atoms with E-state index in [1.54, 1.807) is 0 Å². The van der Waals surface area contributed by atoms with Crippen molar-refractivity contribution in [2.75, 3.05) is 11.9 Å². The summed E-state index contributed by atoms with van der Waals surface area (Å²) in [5, 5.41) is 5.80. The summed E-state index contributed by atoms with van der Waals surface area (Å²) in [6.45, 7) is 2.59. The first kappa shape index (κ1) is 17.2. The number of aryl methyl sites for hydroxylation is 2. The van der Waals surface area contributed by atoms with Crippen LogP contribution in [0.2, 0.25) is 0 Å². The van der Waals surface area contributed by atoms with Crippen molar-refractivity contribution < 1.29 is 9.59 Å². The van der Waals surface area contributed by atoms with Gasteiger partial charge in [-0.2, -0.15) is 0 Å². The van der Waals surface area contributed by atoms with E-state index in [4.69, 9.17) is 0 Å². The topological polar surface area (TPSA) is 58.2 Å². The van der Waals surface area contributed by atoms with Gasteiger partial charge >= 0.3 is 0 Å². The van der Waals surface area contributed by atoms with Gasteiger partial charge in [-0.3, -0.25) is 9.59 Å². The molecule has 2 aromatic rings. The highest BCUT2D eigenvalue weighted by Gasteiger charge is 2.56. The van der Waals surface area contributed by atoms with Gasteiger partial charge in [-0.05, 0) is 50.3 Å². The second kappa shape index (κ2) is 7.51. The fraction of sp³-hybridized carbons (Fsp3) is 0.333. The second-order valence-electron chi connectivity index (χ2n) is 6.75. The van der Waals surface area contributed by atoms with Crippen LogP contribution in [-0.4, -0.2) is 18.4 Å². The molecule has 4 heteroatoms. The van der Waals surface area contributed by atoms with Gasteiger partial charge in [-0.15, -0.1) is 0 Å². The molecule has 0 bridgehead atoms. The molecule has 0 heterocycles. The highest BCUT2D eigenvalue weighted by molar-refractivity contribution is 6.13. The van der Waals surface area contributed by atoms with Crippen molar-refractivity contribution in [3.8, 4) is 0 Å². The molecule has 4 nitrogen and oxygen atoms in total. The third-order valence-electron chi connectivity index (χ3n) is 4.70. The van der Waals surface area contributed by atoms with Gasteiger partial charge in [-0.25, -0.2) is 0 Å². The third-order valence-corrected chi connectivity index (χ3v) is 4.70.